The number of halogens is 2. The van der Waals surface area contributed by atoms with Crippen molar-refractivity contribution in [3.8, 4) is 16.9 Å². The predicted octanol–water partition coefficient (Wildman–Crippen LogP) is 7.27. The van der Waals surface area contributed by atoms with E-state index in [9.17, 15) is 14.3 Å². The van der Waals surface area contributed by atoms with Crippen LogP contribution in [-0.4, -0.2) is 54.5 Å². The lowest BCUT2D eigenvalue weighted by Gasteiger charge is -2.25. The van der Waals surface area contributed by atoms with Crippen molar-refractivity contribution >= 4 is 11.7 Å². The third-order valence-electron chi connectivity index (χ3n) is 8.36. The largest absolute Gasteiger partial charge is 0.489 e. The van der Waals surface area contributed by atoms with Gasteiger partial charge in [0.1, 0.15) is 17.4 Å². The quantitative estimate of drug-likeness (QED) is 0.208. The molecule has 1 N–H and O–H groups in total. The highest BCUT2D eigenvalue weighted by Gasteiger charge is 2.31. The first-order chi connectivity index (χ1) is 21.5. The first-order valence-corrected chi connectivity index (χ1v) is 15.7. The molecule has 1 aromatic carbocycles. The fourth-order valence-corrected chi connectivity index (χ4v) is 5.54. The fraction of sp³-hybridized carbons (Fsp3) is 0.514. The maximum atomic E-state index is 15.5. The monoisotopic (exact) mass is 637 g/mol. The molecule has 0 spiro atoms. The van der Waals surface area contributed by atoms with Crippen LogP contribution in [0.25, 0.3) is 16.8 Å². The maximum absolute atomic E-state index is 15.5. The van der Waals surface area contributed by atoms with Crippen LogP contribution in [0.4, 0.5) is 13.6 Å². The van der Waals surface area contributed by atoms with E-state index in [0.717, 1.165) is 47.1 Å². The minimum atomic E-state index is -1.07. The zero-order valence-electron chi connectivity index (χ0n) is 28.2. The summed E-state index contributed by atoms with van der Waals surface area (Å²) in [5.41, 5.74) is 4.72. The Kier molecular flexibility index (Phi) is 8.94. The number of amides is 1. The number of fused-ring (bicyclic) bond motifs is 1. The van der Waals surface area contributed by atoms with E-state index in [-0.39, 0.29) is 18.9 Å². The Labute approximate surface area is 269 Å². The number of carbonyl (C=O) groups is 1. The third-order valence-corrected chi connectivity index (χ3v) is 8.36. The average molecular weight is 638 g/mol. The molecule has 9 nitrogen and oxygen atoms in total. The number of hydrogen-bond donors (Lipinski definition) is 1. The molecule has 4 aromatic rings. The molecule has 11 heteroatoms. The van der Waals surface area contributed by atoms with Gasteiger partial charge in [0.05, 0.1) is 30.7 Å². The summed E-state index contributed by atoms with van der Waals surface area (Å²) in [5.74, 6) is -1.96. The Morgan fingerprint density at radius 1 is 1.17 bits per heavy atom. The molecular weight excluding hydrogens is 592 g/mol. The molecule has 0 aliphatic heterocycles. The van der Waals surface area contributed by atoms with Gasteiger partial charge in [-0.3, -0.25) is 4.68 Å². The molecule has 1 atom stereocenters. The van der Waals surface area contributed by atoms with Crippen LogP contribution in [0.5, 0.6) is 5.75 Å². The van der Waals surface area contributed by atoms with Crippen LogP contribution in [0.15, 0.2) is 30.6 Å². The van der Waals surface area contributed by atoms with Gasteiger partial charge in [0.15, 0.2) is 11.6 Å². The van der Waals surface area contributed by atoms with Crippen molar-refractivity contribution < 1.29 is 28.2 Å². The number of aliphatic hydroxyl groups is 1. The lowest BCUT2D eigenvalue weighted by Crippen LogP contribution is -2.34. The summed E-state index contributed by atoms with van der Waals surface area (Å²) >= 11 is 0. The van der Waals surface area contributed by atoms with E-state index in [0.29, 0.717) is 29.2 Å². The van der Waals surface area contributed by atoms with Gasteiger partial charge in [-0.15, -0.1) is 0 Å². The van der Waals surface area contributed by atoms with Gasteiger partial charge in [-0.05, 0) is 75.6 Å². The van der Waals surface area contributed by atoms with E-state index in [2.05, 4.69) is 10.1 Å². The summed E-state index contributed by atoms with van der Waals surface area (Å²) in [5, 5.41) is 15.6. The molecule has 0 saturated heterocycles. The summed E-state index contributed by atoms with van der Waals surface area (Å²) in [6.45, 7) is 13.4. The lowest BCUT2D eigenvalue weighted by molar-refractivity contribution is 0.0282. The van der Waals surface area contributed by atoms with Crippen molar-refractivity contribution in [3.63, 3.8) is 0 Å². The number of rotatable bonds is 9. The number of aliphatic hydroxyl groups excluding tert-OH is 1. The van der Waals surface area contributed by atoms with Crippen molar-refractivity contribution in [2.24, 2.45) is 12.5 Å². The minimum Gasteiger partial charge on any atom is -0.489 e. The Morgan fingerprint density at radius 2 is 1.87 bits per heavy atom. The van der Waals surface area contributed by atoms with Crippen molar-refractivity contribution in [1.82, 2.24) is 24.1 Å². The minimum absolute atomic E-state index is 0.0402. The van der Waals surface area contributed by atoms with E-state index in [4.69, 9.17) is 9.47 Å². The van der Waals surface area contributed by atoms with Gasteiger partial charge >= 0.3 is 6.09 Å². The number of ether oxygens (including phenoxy) is 2. The molecule has 5 rings (SSSR count). The second-order valence-corrected chi connectivity index (χ2v) is 14.4. The average Bonchev–Trinajstić information content (AvgIpc) is 3.68. The summed E-state index contributed by atoms with van der Waals surface area (Å²) < 4.78 is 45.3. The SMILES string of the molecule is Cc1c(CCOc2c(-c3cc(C4CC4)c4ncc(CN(C)C(=O)OC(C)(C)C)n4c3)ccc(F)c2F)c(C(O)C(C)(C)C)nn1C. The summed E-state index contributed by atoms with van der Waals surface area (Å²) in [7, 11) is 3.47. The summed E-state index contributed by atoms with van der Waals surface area (Å²) in [6, 6.07) is 4.61. The zero-order valence-corrected chi connectivity index (χ0v) is 28.2. The fourth-order valence-electron chi connectivity index (χ4n) is 5.54. The van der Waals surface area contributed by atoms with Crippen molar-refractivity contribution in [2.75, 3.05) is 13.7 Å². The highest BCUT2D eigenvalue weighted by molar-refractivity contribution is 5.74. The number of carbonyl (C=O) groups excluding carboxylic acids is 1. The molecule has 248 valence electrons. The zero-order chi connectivity index (χ0) is 33.7. The number of aryl methyl sites for hydroxylation is 1. The maximum Gasteiger partial charge on any atom is 0.410 e. The van der Waals surface area contributed by atoms with Crippen LogP contribution >= 0.6 is 0 Å². The highest BCUT2D eigenvalue weighted by Crippen LogP contribution is 2.44. The van der Waals surface area contributed by atoms with Gasteiger partial charge in [-0.2, -0.15) is 9.49 Å². The number of pyridine rings is 1. The van der Waals surface area contributed by atoms with E-state index in [1.54, 1.807) is 17.9 Å². The molecule has 1 saturated carbocycles. The molecule has 1 amide bonds. The van der Waals surface area contributed by atoms with Crippen LogP contribution in [0.2, 0.25) is 0 Å². The number of benzene rings is 1. The van der Waals surface area contributed by atoms with E-state index in [1.165, 1.54) is 11.0 Å². The number of aromatic nitrogens is 4. The molecule has 1 aliphatic rings. The van der Waals surface area contributed by atoms with E-state index >= 15 is 4.39 Å². The normalized spacial score (nSPS) is 14.5. The van der Waals surface area contributed by atoms with E-state index in [1.807, 2.05) is 72.2 Å². The third kappa shape index (κ3) is 6.89. The van der Waals surface area contributed by atoms with Crippen LogP contribution in [0.1, 0.15) is 94.6 Å². The Balaban J connectivity index is 1.49. The van der Waals surface area contributed by atoms with Gasteiger partial charge in [-0.25, -0.2) is 14.2 Å². The molecule has 3 aromatic heterocycles. The van der Waals surface area contributed by atoms with E-state index < -0.39 is 34.8 Å². The Hall–Kier alpha value is -3.99. The van der Waals surface area contributed by atoms with Crippen molar-refractivity contribution in [3.05, 3.63) is 70.4 Å². The van der Waals surface area contributed by atoms with Gasteiger partial charge < -0.3 is 23.9 Å². The summed E-state index contributed by atoms with van der Waals surface area (Å²) in [6.07, 6.45) is 4.64. The first kappa shape index (κ1) is 33.4. The van der Waals surface area contributed by atoms with Gasteiger partial charge in [-0.1, -0.05) is 20.8 Å². The van der Waals surface area contributed by atoms with Gasteiger partial charge in [0.25, 0.3) is 0 Å². The summed E-state index contributed by atoms with van der Waals surface area (Å²) in [4.78, 5) is 18.9. The number of hydrogen-bond acceptors (Lipinski definition) is 6. The molecule has 1 aliphatic carbocycles. The predicted molar refractivity (Wildman–Crippen MR) is 172 cm³/mol. The van der Waals surface area contributed by atoms with Crippen molar-refractivity contribution in [2.45, 2.75) is 91.9 Å². The second kappa shape index (κ2) is 12.3. The van der Waals surface area contributed by atoms with Crippen LogP contribution in [0.3, 0.4) is 0 Å². The molecule has 0 bridgehead atoms. The van der Waals surface area contributed by atoms with Gasteiger partial charge in [0, 0.05) is 49.1 Å². The molecule has 1 unspecified atom stereocenters. The molecule has 3 heterocycles. The standard InChI is InChI=1S/C35H45F2N5O4/c1-20-24(29(39-41(20)9)31(43)34(2,3)4)14-15-45-30-25(12-13-27(36)28(30)37)22-16-26(21-10-11-21)32-38-17-23(42(32)18-22)19-40(8)33(44)46-35(5,6)7/h12-13,16-18,21,31,43H,10-11,14-15,19H2,1-9H3. The number of nitrogens with zero attached hydrogens (tertiary/aromatic N) is 5. The molecule has 1 fully saturated rings. The van der Waals surface area contributed by atoms with Crippen LogP contribution in [0, 0.1) is 24.0 Å². The topological polar surface area (TPSA) is 94.1 Å². The second-order valence-electron chi connectivity index (χ2n) is 14.4. The lowest BCUT2D eigenvalue weighted by atomic mass is 9.85. The van der Waals surface area contributed by atoms with Crippen molar-refractivity contribution in [1.29, 1.82) is 0 Å². The molecule has 46 heavy (non-hydrogen) atoms. The highest BCUT2D eigenvalue weighted by atomic mass is 19.2. The molecular formula is C35H45F2N5O4. The first-order valence-electron chi connectivity index (χ1n) is 15.7. The van der Waals surface area contributed by atoms with Crippen LogP contribution < -0.4 is 4.74 Å². The van der Waals surface area contributed by atoms with Crippen LogP contribution in [-0.2, 0) is 24.8 Å². The Bertz CT molecular complexity index is 1760. The number of imidazole rings is 1. The Morgan fingerprint density at radius 3 is 2.50 bits per heavy atom. The van der Waals surface area contributed by atoms with Gasteiger partial charge in [0.2, 0.25) is 5.82 Å². The molecule has 0 radical (unpaired) electrons. The smallest absolute Gasteiger partial charge is 0.410 e.